The Balaban J connectivity index is 1.61. The standard InChI is InChI=1S/C20H16ClN5O2S/c1-12-7-8-15(14(21)9-12)24-16(27)10-29-20-25-17-18(22-11-23-19(17)28)26(20)13-5-3-2-4-6-13/h2-9,11H,10H2,1H3,(H,24,27)(H,22,23,28). The Kier molecular flexibility index (Phi) is 5.37. The molecule has 2 aromatic heterocycles. The molecule has 0 atom stereocenters. The normalized spacial score (nSPS) is 11.0. The Hall–Kier alpha value is -3.10. The third kappa shape index (κ3) is 4.03. The van der Waals surface area contributed by atoms with Crippen molar-refractivity contribution in [1.82, 2.24) is 19.5 Å². The predicted molar refractivity (Wildman–Crippen MR) is 115 cm³/mol. The molecule has 0 radical (unpaired) electrons. The van der Waals surface area contributed by atoms with E-state index in [-0.39, 0.29) is 22.7 Å². The smallest absolute Gasteiger partial charge is 0.278 e. The van der Waals surface area contributed by atoms with Gasteiger partial charge in [0.05, 0.1) is 22.8 Å². The molecule has 0 saturated heterocycles. The Morgan fingerprint density at radius 1 is 1.24 bits per heavy atom. The maximum atomic E-state index is 12.4. The number of para-hydroxylation sites is 1. The van der Waals surface area contributed by atoms with Crippen LogP contribution in [-0.4, -0.2) is 31.2 Å². The van der Waals surface area contributed by atoms with E-state index in [1.165, 1.54) is 18.1 Å². The first-order valence-corrected chi connectivity index (χ1v) is 10.1. The number of aromatic amines is 1. The molecule has 0 fully saturated rings. The van der Waals surface area contributed by atoms with Crippen molar-refractivity contribution in [3.8, 4) is 5.69 Å². The lowest BCUT2D eigenvalue weighted by Crippen LogP contribution is -2.15. The summed E-state index contributed by atoms with van der Waals surface area (Å²) in [6.45, 7) is 1.93. The molecule has 1 amide bonds. The van der Waals surface area contributed by atoms with E-state index in [4.69, 9.17) is 11.6 Å². The molecule has 0 aliphatic rings. The van der Waals surface area contributed by atoms with E-state index >= 15 is 0 Å². The lowest BCUT2D eigenvalue weighted by molar-refractivity contribution is -0.113. The second kappa shape index (κ2) is 8.10. The van der Waals surface area contributed by atoms with E-state index in [0.29, 0.717) is 21.5 Å². The highest BCUT2D eigenvalue weighted by atomic mass is 35.5. The number of nitrogens with zero attached hydrogens (tertiary/aromatic N) is 3. The zero-order valence-corrected chi connectivity index (χ0v) is 16.9. The number of fused-ring (bicyclic) bond motifs is 1. The van der Waals surface area contributed by atoms with Crippen LogP contribution < -0.4 is 10.9 Å². The summed E-state index contributed by atoms with van der Waals surface area (Å²) in [5.74, 6) is -0.132. The van der Waals surface area contributed by atoms with Gasteiger partial charge < -0.3 is 10.3 Å². The maximum Gasteiger partial charge on any atom is 0.278 e. The highest BCUT2D eigenvalue weighted by Crippen LogP contribution is 2.27. The van der Waals surface area contributed by atoms with Gasteiger partial charge in [-0.3, -0.25) is 14.2 Å². The van der Waals surface area contributed by atoms with Gasteiger partial charge >= 0.3 is 0 Å². The molecule has 0 saturated carbocycles. The molecule has 0 unspecified atom stereocenters. The van der Waals surface area contributed by atoms with Crippen molar-refractivity contribution < 1.29 is 4.79 Å². The average molecular weight is 426 g/mol. The van der Waals surface area contributed by atoms with Gasteiger partial charge in [-0.2, -0.15) is 0 Å². The van der Waals surface area contributed by atoms with E-state index in [9.17, 15) is 9.59 Å². The summed E-state index contributed by atoms with van der Waals surface area (Å²) in [5.41, 5.74) is 2.69. The quantitative estimate of drug-likeness (QED) is 0.474. The molecule has 0 spiro atoms. The number of hydrogen-bond acceptors (Lipinski definition) is 5. The molecule has 0 aliphatic carbocycles. The van der Waals surface area contributed by atoms with Crippen molar-refractivity contribution in [2.24, 2.45) is 0 Å². The Morgan fingerprint density at radius 3 is 2.79 bits per heavy atom. The van der Waals surface area contributed by atoms with E-state index in [0.717, 1.165) is 11.3 Å². The Morgan fingerprint density at radius 2 is 2.03 bits per heavy atom. The monoisotopic (exact) mass is 425 g/mol. The minimum atomic E-state index is -0.331. The number of imidazole rings is 1. The third-order valence-electron chi connectivity index (χ3n) is 4.17. The number of thioether (sulfide) groups is 1. The first kappa shape index (κ1) is 19.2. The van der Waals surface area contributed by atoms with E-state index in [1.807, 2.05) is 43.3 Å². The van der Waals surface area contributed by atoms with Crippen LogP contribution in [0.15, 0.2) is 64.8 Å². The number of anilines is 1. The van der Waals surface area contributed by atoms with E-state index in [2.05, 4.69) is 20.3 Å². The van der Waals surface area contributed by atoms with Gasteiger partial charge in [-0.1, -0.05) is 47.6 Å². The molecule has 0 bridgehead atoms. The number of nitrogens with one attached hydrogen (secondary N) is 2. The molecular weight excluding hydrogens is 410 g/mol. The zero-order chi connectivity index (χ0) is 20.4. The molecule has 29 heavy (non-hydrogen) atoms. The van der Waals surface area contributed by atoms with E-state index in [1.54, 1.807) is 16.7 Å². The molecule has 9 heteroatoms. The number of carbonyl (C=O) groups is 1. The molecule has 4 rings (SSSR count). The van der Waals surface area contributed by atoms with Crippen LogP contribution in [0.5, 0.6) is 0 Å². The van der Waals surface area contributed by atoms with Gasteiger partial charge in [0.2, 0.25) is 5.91 Å². The summed E-state index contributed by atoms with van der Waals surface area (Å²) >= 11 is 7.40. The molecule has 146 valence electrons. The van der Waals surface area contributed by atoms with Gasteiger partial charge in [-0.05, 0) is 36.8 Å². The van der Waals surface area contributed by atoms with Gasteiger partial charge in [0.15, 0.2) is 16.3 Å². The molecule has 2 aromatic carbocycles. The van der Waals surface area contributed by atoms with Crippen molar-refractivity contribution in [1.29, 1.82) is 0 Å². The number of H-pyrrole nitrogens is 1. The molecule has 2 N–H and O–H groups in total. The number of aryl methyl sites for hydroxylation is 1. The molecule has 7 nitrogen and oxygen atoms in total. The number of benzene rings is 2. The van der Waals surface area contributed by atoms with Crippen molar-refractivity contribution in [2.75, 3.05) is 11.1 Å². The summed E-state index contributed by atoms with van der Waals surface area (Å²) in [4.78, 5) is 35.8. The highest BCUT2D eigenvalue weighted by molar-refractivity contribution is 7.99. The number of aromatic nitrogens is 4. The van der Waals surface area contributed by atoms with Crippen LogP contribution in [0.1, 0.15) is 5.56 Å². The van der Waals surface area contributed by atoms with Crippen LogP contribution in [0.25, 0.3) is 16.9 Å². The van der Waals surface area contributed by atoms with Crippen LogP contribution in [0.4, 0.5) is 5.69 Å². The maximum absolute atomic E-state index is 12.4. The number of rotatable bonds is 5. The van der Waals surface area contributed by atoms with Gasteiger partial charge in [0, 0.05) is 5.69 Å². The molecule has 2 heterocycles. The zero-order valence-electron chi connectivity index (χ0n) is 15.3. The van der Waals surface area contributed by atoms with Crippen molar-refractivity contribution in [3.63, 3.8) is 0 Å². The van der Waals surface area contributed by atoms with Gasteiger partial charge in [-0.15, -0.1) is 0 Å². The first-order chi connectivity index (χ1) is 14.0. The van der Waals surface area contributed by atoms with E-state index < -0.39 is 0 Å². The van der Waals surface area contributed by atoms with Crippen LogP contribution >= 0.6 is 23.4 Å². The first-order valence-electron chi connectivity index (χ1n) is 8.73. The number of halogens is 1. The SMILES string of the molecule is Cc1ccc(NC(=O)CSc2nc3c(=O)[nH]cnc3n2-c2ccccc2)c(Cl)c1. The average Bonchev–Trinajstić information content (AvgIpc) is 3.09. The van der Waals surface area contributed by atoms with Crippen molar-refractivity contribution >= 4 is 46.1 Å². The summed E-state index contributed by atoms with van der Waals surface area (Å²) < 4.78 is 1.77. The minimum absolute atomic E-state index is 0.0955. The highest BCUT2D eigenvalue weighted by Gasteiger charge is 2.17. The summed E-state index contributed by atoms with van der Waals surface area (Å²) in [7, 11) is 0. The second-order valence-corrected chi connectivity index (χ2v) is 7.64. The Labute approximate surface area is 175 Å². The molecular formula is C20H16ClN5O2S. The van der Waals surface area contributed by atoms with Crippen LogP contribution in [0.2, 0.25) is 5.02 Å². The largest absolute Gasteiger partial charge is 0.324 e. The summed E-state index contributed by atoms with van der Waals surface area (Å²) in [6.07, 6.45) is 1.34. The lowest BCUT2D eigenvalue weighted by Gasteiger charge is -2.09. The summed E-state index contributed by atoms with van der Waals surface area (Å²) in [6, 6.07) is 14.9. The predicted octanol–water partition coefficient (Wildman–Crippen LogP) is 3.80. The van der Waals surface area contributed by atoms with Crippen LogP contribution in [0, 0.1) is 6.92 Å². The van der Waals surface area contributed by atoms with Gasteiger partial charge in [-0.25, -0.2) is 9.97 Å². The van der Waals surface area contributed by atoms with Gasteiger partial charge in [0.1, 0.15) is 0 Å². The summed E-state index contributed by atoms with van der Waals surface area (Å²) in [5, 5.41) is 3.78. The topological polar surface area (TPSA) is 92.7 Å². The lowest BCUT2D eigenvalue weighted by atomic mass is 10.2. The molecule has 4 aromatic rings. The number of hydrogen-bond donors (Lipinski definition) is 2. The van der Waals surface area contributed by atoms with Crippen molar-refractivity contribution in [2.45, 2.75) is 12.1 Å². The fourth-order valence-corrected chi connectivity index (χ4v) is 3.92. The van der Waals surface area contributed by atoms with Gasteiger partial charge in [0.25, 0.3) is 5.56 Å². The number of amides is 1. The molecule has 0 aliphatic heterocycles. The fourth-order valence-electron chi connectivity index (χ4n) is 2.83. The minimum Gasteiger partial charge on any atom is -0.324 e. The Bertz CT molecular complexity index is 1250. The van der Waals surface area contributed by atoms with Crippen LogP contribution in [-0.2, 0) is 4.79 Å². The fraction of sp³-hybridized carbons (Fsp3) is 0.100. The van der Waals surface area contributed by atoms with Crippen molar-refractivity contribution in [3.05, 3.63) is 75.8 Å². The second-order valence-electron chi connectivity index (χ2n) is 6.29. The van der Waals surface area contributed by atoms with Crippen LogP contribution in [0.3, 0.4) is 0 Å². The third-order valence-corrected chi connectivity index (χ3v) is 5.42. The number of carbonyl (C=O) groups excluding carboxylic acids is 1.